The van der Waals surface area contributed by atoms with E-state index in [1.165, 1.54) is 38.4 Å². The maximum atomic E-state index is 13.1. The summed E-state index contributed by atoms with van der Waals surface area (Å²) in [5.74, 6) is -0.765. The van der Waals surface area contributed by atoms with Gasteiger partial charge in [0.05, 0.1) is 6.54 Å². The SMILES string of the molecule is CN=C(NCCOc1ccc(F)c(F)c1)NCCN1CCCCC1.I. The summed E-state index contributed by atoms with van der Waals surface area (Å²) in [4.78, 5) is 6.61. The molecule has 142 valence electrons. The van der Waals surface area contributed by atoms with Crippen molar-refractivity contribution in [3.8, 4) is 5.75 Å². The summed E-state index contributed by atoms with van der Waals surface area (Å²) in [5, 5.41) is 6.39. The number of nitrogens with one attached hydrogen (secondary N) is 2. The molecule has 0 amide bonds. The molecular formula is C17H27F2IN4O. The molecule has 0 unspecified atom stereocenters. The summed E-state index contributed by atoms with van der Waals surface area (Å²) in [5.41, 5.74) is 0. The number of hydrogen-bond acceptors (Lipinski definition) is 3. The summed E-state index contributed by atoms with van der Waals surface area (Å²) in [6, 6.07) is 3.50. The summed E-state index contributed by atoms with van der Waals surface area (Å²) < 4.78 is 31.3. The lowest BCUT2D eigenvalue weighted by Crippen LogP contribution is -2.43. The predicted octanol–water partition coefficient (Wildman–Crippen LogP) is 2.61. The van der Waals surface area contributed by atoms with Gasteiger partial charge in [0.15, 0.2) is 17.6 Å². The molecule has 0 saturated carbocycles. The van der Waals surface area contributed by atoms with Gasteiger partial charge >= 0.3 is 0 Å². The minimum Gasteiger partial charge on any atom is -0.492 e. The molecule has 1 aliphatic rings. The van der Waals surface area contributed by atoms with Crippen molar-refractivity contribution in [3.63, 3.8) is 0 Å². The van der Waals surface area contributed by atoms with Gasteiger partial charge in [-0.3, -0.25) is 4.99 Å². The van der Waals surface area contributed by atoms with E-state index in [9.17, 15) is 8.78 Å². The largest absolute Gasteiger partial charge is 0.492 e. The highest BCUT2D eigenvalue weighted by Crippen LogP contribution is 2.14. The van der Waals surface area contributed by atoms with Crippen LogP contribution in [0.2, 0.25) is 0 Å². The van der Waals surface area contributed by atoms with Gasteiger partial charge in [-0.15, -0.1) is 24.0 Å². The van der Waals surface area contributed by atoms with E-state index in [2.05, 4.69) is 20.5 Å². The maximum Gasteiger partial charge on any atom is 0.191 e. The van der Waals surface area contributed by atoms with Crippen LogP contribution in [0.25, 0.3) is 0 Å². The monoisotopic (exact) mass is 468 g/mol. The third-order valence-corrected chi connectivity index (χ3v) is 3.95. The molecule has 0 aliphatic carbocycles. The molecule has 1 fully saturated rings. The van der Waals surface area contributed by atoms with Crippen molar-refractivity contribution < 1.29 is 13.5 Å². The molecule has 1 aromatic carbocycles. The van der Waals surface area contributed by atoms with Crippen molar-refractivity contribution in [3.05, 3.63) is 29.8 Å². The van der Waals surface area contributed by atoms with E-state index >= 15 is 0 Å². The molecule has 0 atom stereocenters. The molecule has 2 N–H and O–H groups in total. The van der Waals surface area contributed by atoms with Crippen LogP contribution in [0.3, 0.4) is 0 Å². The first kappa shape index (κ1) is 21.9. The van der Waals surface area contributed by atoms with Crippen molar-refractivity contribution in [1.29, 1.82) is 0 Å². The average molecular weight is 468 g/mol. The molecule has 2 rings (SSSR count). The average Bonchev–Trinajstić information content (AvgIpc) is 2.61. The zero-order chi connectivity index (χ0) is 17.2. The van der Waals surface area contributed by atoms with E-state index in [0.29, 0.717) is 24.9 Å². The predicted molar refractivity (Wildman–Crippen MR) is 107 cm³/mol. The Morgan fingerprint density at radius 1 is 1.12 bits per heavy atom. The highest BCUT2D eigenvalue weighted by atomic mass is 127. The normalized spacial score (nSPS) is 15.4. The summed E-state index contributed by atoms with van der Waals surface area (Å²) in [6.45, 7) is 5.04. The molecule has 0 spiro atoms. The van der Waals surface area contributed by atoms with Gasteiger partial charge in [-0.1, -0.05) is 6.42 Å². The van der Waals surface area contributed by atoms with Crippen LogP contribution < -0.4 is 15.4 Å². The number of benzene rings is 1. The molecule has 1 aromatic rings. The third-order valence-electron chi connectivity index (χ3n) is 3.95. The van der Waals surface area contributed by atoms with Gasteiger partial charge < -0.3 is 20.3 Å². The van der Waals surface area contributed by atoms with E-state index in [4.69, 9.17) is 4.74 Å². The fraction of sp³-hybridized carbons (Fsp3) is 0.588. The Labute approximate surface area is 165 Å². The molecule has 0 bridgehead atoms. The lowest BCUT2D eigenvalue weighted by Gasteiger charge is -2.26. The number of likely N-dealkylation sites (tertiary alicyclic amines) is 1. The highest BCUT2D eigenvalue weighted by Gasteiger charge is 2.09. The van der Waals surface area contributed by atoms with Crippen molar-refractivity contribution in [2.24, 2.45) is 4.99 Å². The van der Waals surface area contributed by atoms with Gasteiger partial charge in [0.1, 0.15) is 12.4 Å². The van der Waals surface area contributed by atoms with Gasteiger partial charge in [0.25, 0.3) is 0 Å². The number of piperidine rings is 1. The number of nitrogens with zero attached hydrogens (tertiary/aromatic N) is 2. The zero-order valence-electron chi connectivity index (χ0n) is 14.6. The lowest BCUT2D eigenvalue weighted by atomic mass is 10.1. The number of aliphatic imine (C=N–C) groups is 1. The molecule has 1 heterocycles. The van der Waals surface area contributed by atoms with Crippen molar-refractivity contribution in [1.82, 2.24) is 15.5 Å². The number of hydrogen-bond donors (Lipinski definition) is 2. The third kappa shape index (κ3) is 8.17. The summed E-state index contributed by atoms with van der Waals surface area (Å²) in [7, 11) is 1.71. The first-order chi connectivity index (χ1) is 11.7. The van der Waals surface area contributed by atoms with Crippen LogP contribution in [0.15, 0.2) is 23.2 Å². The van der Waals surface area contributed by atoms with E-state index in [-0.39, 0.29) is 24.0 Å². The standard InChI is InChI=1S/C17H26F2N4O.HI/c1-20-17(21-7-11-23-9-3-2-4-10-23)22-8-12-24-14-5-6-15(18)16(19)13-14;/h5-6,13H,2-4,7-12H2,1H3,(H2,20,21,22);1H. The molecule has 1 saturated heterocycles. The Bertz CT molecular complexity index is 539. The Morgan fingerprint density at radius 3 is 2.52 bits per heavy atom. The number of rotatable bonds is 7. The summed E-state index contributed by atoms with van der Waals surface area (Å²) >= 11 is 0. The minimum absolute atomic E-state index is 0. The molecule has 25 heavy (non-hydrogen) atoms. The number of halogens is 3. The van der Waals surface area contributed by atoms with E-state index in [1.807, 2.05) is 0 Å². The first-order valence-corrected chi connectivity index (χ1v) is 8.44. The van der Waals surface area contributed by atoms with Crippen LogP contribution in [0, 0.1) is 11.6 Å². The number of ether oxygens (including phenoxy) is 1. The van der Waals surface area contributed by atoms with Gasteiger partial charge in [-0.05, 0) is 38.1 Å². The maximum absolute atomic E-state index is 13.1. The number of guanidine groups is 1. The Morgan fingerprint density at radius 2 is 1.84 bits per heavy atom. The highest BCUT2D eigenvalue weighted by molar-refractivity contribution is 14.0. The fourth-order valence-electron chi connectivity index (χ4n) is 2.64. The van der Waals surface area contributed by atoms with E-state index in [1.54, 1.807) is 7.05 Å². The fourth-order valence-corrected chi connectivity index (χ4v) is 2.64. The van der Waals surface area contributed by atoms with Gasteiger partial charge in [0, 0.05) is 26.2 Å². The molecule has 0 aromatic heterocycles. The summed E-state index contributed by atoms with van der Waals surface area (Å²) in [6.07, 6.45) is 3.91. The van der Waals surface area contributed by atoms with E-state index in [0.717, 1.165) is 25.2 Å². The van der Waals surface area contributed by atoms with Crippen molar-refractivity contribution in [2.75, 3.05) is 46.4 Å². The second kappa shape index (κ2) is 12.2. The topological polar surface area (TPSA) is 48.9 Å². The Kier molecular flexibility index (Phi) is 10.7. The first-order valence-electron chi connectivity index (χ1n) is 8.44. The van der Waals surface area contributed by atoms with Crippen molar-refractivity contribution >= 4 is 29.9 Å². The van der Waals surface area contributed by atoms with Crippen LogP contribution >= 0.6 is 24.0 Å². The zero-order valence-corrected chi connectivity index (χ0v) is 16.9. The molecule has 8 heteroatoms. The van der Waals surface area contributed by atoms with Gasteiger partial charge in [-0.25, -0.2) is 8.78 Å². The van der Waals surface area contributed by atoms with Crippen molar-refractivity contribution in [2.45, 2.75) is 19.3 Å². The molecule has 1 aliphatic heterocycles. The van der Waals surface area contributed by atoms with Crippen LogP contribution in [0.1, 0.15) is 19.3 Å². The Balaban J connectivity index is 0.00000312. The van der Waals surface area contributed by atoms with Crippen LogP contribution in [0.5, 0.6) is 5.75 Å². The smallest absolute Gasteiger partial charge is 0.191 e. The molecular weight excluding hydrogens is 441 g/mol. The molecule has 5 nitrogen and oxygen atoms in total. The van der Waals surface area contributed by atoms with Crippen LogP contribution in [-0.4, -0.2) is 57.2 Å². The minimum atomic E-state index is -0.907. The van der Waals surface area contributed by atoms with Gasteiger partial charge in [-0.2, -0.15) is 0 Å². The second-order valence-corrected chi connectivity index (χ2v) is 5.75. The van der Waals surface area contributed by atoms with Gasteiger partial charge in [0.2, 0.25) is 0 Å². The lowest BCUT2D eigenvalue weighted by molar-refractivity contribution is 0.232. The molecule has 0 radical (unpaired) electrons. The van der Waals surface area contributed by atoms with Crippen LogP contribution in [-0.2, 0) is 0 Å². The quantitative estimate of drug-likeness (QED) is 0.280. The van der Waals surface area contributed by atoms with Crippen LogP contribution in [0.4, 0.5) is 8.78 Å². The Hall–Kier alpha value is -1.16. The second-order valence-electron chi connectivity index (χ2n) is 5.75. The van der Waals surface area contributed by atoms with E-state index < -0.39 is 11.6 Å².